The second kappa shape index (κ2) is 5.33. The van der Waals surface area contributed by atoms with Crippen LogP contribution in [0.5, 0.6) is 0 Å². The van der Waals surface area contributed by atoms with Crippen molar-refractivity contribution in [2.24, 2.45) is 5.73 Å². The van der Waals surface area contributed by atoms with Crippen molar-refractivity contribution in [3.8, 4) is 0 Å². The summed E-state index contributed by atoms with van der Waals surface area (Å²) in [7, 11) is 0. The molecule has 0 amide bonds. The third-order valence-corrected chi connectivity index (χ3v) is 2.33. The summed E-state index contributed by atoms with van der Waals surface area (Å²) in [6.45, 7) is 3.73. The molecule has 1 aliphatic rings. The van der Waals surface area contributed by atoms with E-state index in [9.17, 15) is 0 Å². The zero-order valence-electron chi connectivity index (χ0n) is 7.88. The van der Waals surface area contributed by atoms with Crippen LogP contribution >= 0.6 is 0 Å². The minimum Gasteiger partial charge on any atom is -0.378 e. The molecule has 0 aromatic carbocycles. The summed E-state index contributed by atoms with van der Waals surface area (Å²) >= 11 is 0. The van der Waals surface area contributed by atoms with Gasteiger partial charge in [0.1, 0.15) is 0 Å². The van der Waals surface area contributed by atoms with Gasteiger partial charge in [0.2, 0.25) is 0 Å². The van der Waals surface area contributed by atoms with Gasteiger partial charge in [-0.15, -0.1) is 0 Å². The molecule has 1 aliphatic heterocycles. The summed E-state index contributed by atoms with van der Waals surface area (Å²) in [4.78, 5) is 0. The molecule has 12 heavy (non-hydrogen) atoms. The second-order valence-electron chi connectivity index (χ2n) is 3.47. The van der Waals surface area contributed by atoms with Gasteiger partial charge in [-0.3, -0.25) is 0 Å². The highest BCUT2D eigenvalue weighted by Gasteiger charge is 2.13. The van der Waals surface area contributed by atoms with E-state index in [0.29, 0.717) is 12.6 Å². The molecule has 0 aromatic heterocycles. The van der Waals surface area contributed by atoms with Crippen molar-refractivity contribution < 1.29 is 4.74 Å². The maximum atomic E-state index is 5.51. The lowest BCUT2D eigenvalue weighted by Crippen LogP contribution is -2.04. The zero-order valence-corrected chi connectivity index (χ0v) is 7.88. The Bertz CT molecular complexity index is 148. The van der Waals surface area contributed by atoms with Gasteiger partial charge in [-0.2, -0.15) is 0 Å². The Labute approximate surface area is 74.8 Å². The van der Waals surface area contributed by atoms with Crippen molar-refractivity contribution in [2.45, 2.75) is 38.7 Å². The predicted molar refractivity (Wildman–Crippen MR) is 51.0 cm³/mol. The highest BCUT2D eigenvalue weighted by atomic mass is 16.5. The number of allylic oxidation sites excluding steroid dienone is 1. The van der Waals surface area contributed by atoms with E-state index in [1.807, 2.05) is 0 Å². The first-order chi connectivity index (χ1) is 5.83. The number of rotatable bonds is 4. The van der Waals surface area contributed by atoms with Crippen molar-refractivity contribution >= 4 is 0 Å². The van der Waals surface area contributed by atoms with Crippen molar-refractivity contribution in [1.29, 1.82) is 0 Å². The molecule has 1 heterocycles. The lowest BCUT2D eigenvalue weighted by atomic mass is 10.1. The van der Waals surface area contributed by atoms with Crippen LogP contribution in [0.4, 0.5) is 0 Å². The molecule has 0 aromatic rings. The van der Waals surface area contributed by atoms with Crippen molar-refractivity contribution in [2.75, 3.05) is 13.2 Å². The molecule has 1 atom stereocenters. The summed E-state index contributed by atoms with van der Waals surface area (Å²) in [5.74, 6) is 0. The first-order valence-electron chi connectivity index (χ1n) is 4.80. The van der Waals surface area contributed by atoms with Gasteiger partial charge < -0.3 is 10.5 Å². The van der Waals surface area contributed by atoms with Gasteiger partial charge >= 0.3 is 0 Å². The van der Waals surface area contributed by atoms with E-state index in [-0.39, 0.29) is 0 Å². The lowest BCUT2D eigenvalue weighted by molar-refractivity contribution is 0.105. The Morgan fingerprint density at radius 2 is 2.50 bits per heavy atom. The third-order valence-electron chi connectivity index (χ3n) is 2.33. The first kappa shape index (κ1) is 9.75. The Morgan fingerprint density at radius 3 is 3.08 bits per heavy atom. The molecule has 0 saturated carbocycles. The SMILES string of the molecule is CC(=CCCC1CCCO1)CN. The average molecular weight is 169 g/mol. The molecule has 0 radical (unpaired) electrons. The lowest BCUT2D eigenvalue weighted by Gasteiger charge is -2.06. The summed E-state index contributed by atoms with van der Waals surface area (Å²) in [6.07, 6.45) is 7.51. The summed E-state index contributed by atoms with van der Waals surface area (Å²) in [6, 6.07) is 0. The van der Waals surface area contributed by atoms with Gasteiger partial charge in [-0.25, -0.2) is 0 Å². The number of ether oxygens (including phenoxy) is 1. The van der Waals surface area contributed by atoms with Gasteiger partial charge in [0.05, 0.1) is 6.10 Å². The van der Waals surface area contributed by atoms with Crippen LogP contribution in [0.1, 0.15) is 32.6 Å². The Hall–Kier alpha value is -0.340. The molecular weight excluding hydrogens is 150 g/mol. The molecule has 2 N–H and O–H groups in total. The zero-order chi connectivity index (χ0) is 8.81. The molecule has 1 rings (SSSR count). The molecule has 0 spiro atoms. The molecular formula is C10H19NO. The topological polar surface area (TPSA) is 35.2 Å². The second-order valence-corrected chi connectivity index (χ2v) is 3.47. The smallest absolute Gasteiger partial charge is 0.0579 e. The van der Waals surface area contributed by atoms with Gasteiger partial charge in [0.25, 0.3) is 0 Å². The van der Waals surface area contributed by atoms with E-state index in [4.69, 9.17) is 10.5 Å². The van der Waals surface area contributed by atoms with E-state index in [0.717, 1.165) is 19.4 Å². The van der Waals surface area contributed by atoms with Gasteiger partial charge in [0, 0.05) is 13.2 Å². The highest BCUT2D eigenvalue weighted by Crippen LogP contribution is 2.17. The number of nitrogens with two attached hydrogens (primary N) is 1. The fraction of sp³-hybridized carbons (Fsp3) is 0.800. The number of hydrogen-bond acceptors (Lipinski definition) is 2. The molecule has 0 aliphatic carbocycles. The van der Waals surface area contributed by atoms with E-state index in [1.165, 1.54) is 18.4 Å². The Kier molecular flexibility index (Phi) is 4.33. The fourth-order valence-corrected chi connectivity index (χ4v) is 1.47. The van der Waals surface area contributed by atoms with Crippen LogP contribution < -0.4 is 5.73 Å². The van der Waals surface area contributed by atoms with Crippen LogP contribution in [0.25, 0.3) is 0 Å². The molecule has 1 unspecified atom stereocenters. The van der Waals surface area contributed by atoms with E-state index in [2.05, 4.69) is 13.0 Å². The summed E-state index contributed by atoms with van der Waals surface area (Å²) in [5.41, 5.74) is 6.75. The van der Waals surface area contributed by atoms with Crippen LogP contribution in [-0.4, -0.2) is 19.3 Å². The highest BCUT2D eigenvalue weighted by molar-refractivity contribution is 4.99. The van der Waals surface area contributed by atoms with E-state index < -0.39 is 0 Å². The normalized spacial score (nSPS) is 24.8. The molecule has 2 heteroatoms. The van der Waals surface area contributed by atoms with Crippen molar-refractivity contribution in [1.82, 2.24) is 0 Å². The van der Waals surface area contributed by atoms with Crippen molar-refractivity contribution in [3.05, 3.63) is 11.6 Å². The molecule has 0 bridgehead atoms. The first-order valence-corrected chi connectivity index (χ1v) is 4.80. The summed E-state index contributed by atoms with van der Waals surface area (Å²) in [5, 5.41) is 0. The average Bonchev–Trinajstić information content (AvgIpc) is 2.57. The number of hydrogen-bond donors (Lipinski definition) is 1. The quantitative estimate of drug-likeness (QED) is 0.652. The Balaban J connectivity index is 2.08. The van der Waals surface area contributed by atoms with E-state index >= 15 is 0 Å². The van der Waals surface area contributed by atoms with Gasteiger partial charge in [-0.1, -0.05) is 11.6 Å². The third kappa shape index (κ3) is 3.37. The van der Waals surface area contributed by atoms with Crippen LogP contribution in [-0.2, 0) is 4.74 Å². The monoisotopic (exact) mass is 169 g/mol. The van der Waals surface area contributed by atoms with Crippen LogP contribution in [0, 0.1) is 0 Å². The van der Waals surface area contributed by atoms with Crippen molar-refractivity contribution in [3.63, 3.8) is 0 Å². The maximum absolute atomic E-state index is 5.51. The molecule has 1 fully saturated rings. The predicted octanol–water partition coefficient (Wildman–Crippen LogP) is 1.85. The minimum absolute atomic E-state index is 0.520. The molecule has 2 nitrogen and oxygen atoms in total. The molecule has 1 saturated heterocycles. The van der Waals surface area contributed by atoms with Gasteiger partial charge in [0.15, 0.2) is 0 Å². The fourth-order valence-electron chi connectivity index (χ4n) is 1.47. The summed E-state index contributed by atoms with van der Waals surface area (Å²) < 4.78 is 5.51. The maximum Gasteiger partial charge on any atom is 0.0579 e. The van der Waals surface area contributed by atoms with Crippen LogP contribution in [0.2, 0.25) is 0 Å². The minimum atomic E-state index is 0.520. The van der Waals surface area contributed by atoms with Gasteiger partial charge in [-0.05, 0) is 32.6 Å². The van der Waals surface area contributed by atoms with Crippen LogP contribution in [0.3, 0.4) is 0 Å². The van der Waals surface area contributed by atoms with E-state index in [1.54, 1.807) is 0 Å². The standard InChI is InChI=1S/C10H19NO/c1-9(8-11)4-2-5-10-6-3-7-12-10/h4,10H,2-3,5-8,11H2,1H3. The Morgan fingerprint density at radius 1 is 1.67 bits per heavy atom. The molecule has 70 valence electrons. The largest absolute Gasteiger partial charge is 0.378 e. The van der Waals surface area contributed by atoms with Crippen LogP contribution in [0.15, 0.2) is 11.6 Å².